The maximum atomic E-state index is 13.9. The van der Waals surface area contributed by atoms with Gasteiger partial charge in [0.1, 0.15) is 5.75 Å². The smallest absolute Gasteiger partial charge is 0.167 e. The molecule has 7 heteroatoms. The molecular weight excluding hydrogens is 335 g/mol. The lowest BCUT2D eigenvalue weighted by Crippen LogP contribution is -1.95. The molecule has 3 rings (SSSR count). The van der Waals surface area contributed by atoms with Gasteiger partial charge in [-0.2, -0.15) is 0 Å². The van der Waals surface area contributed by atoms with E-state index in [4.69, 9.17) is 19.9 Å². The van der Waals surface area contributed by atoms with E-state index in [1.807, 2.05) is 0 Å². The summed E-state index contributed by atoms with van der Waals surface area (Å²) in [5.74, 6) is 1.11. The Morgan fingerprint density at radius 3 is 2.29 bits per heavy atom. The number of nitrogens with two attached hydrogens (primary N) is 1. The lowest BCUT2D eigenvalue weighted by molar-refractivity contribution is 0.355. The van der Waals surface area contributed by atoms with Crippen molar-refractivity contribution in [3.8, 4) is 23.0 Å². The van der Waals surface area contributed by atoms with E-state index in [-0.39, 0.29) is 18.2 Å². The van der Waals surface area contributed by atoms with Crippen LogP contribution in [0.5, 0.6) is 23.0 Å². The second-order valence-electron chi connectivity index (χ2n) is 4.83. The minimum Gasteiger partial charge on any atom is -0.493 e. The summed E-state index contributed by atoms with van der Waals surface area (Å²) in [6.45, 7) is 0. The van der Waals surface area contributed by atoms with Gasteiger partial charge in [-0.05, 0) is 24.3 Å². The van der Waals surface area contributed by atoms with Crippen LogP contribution in [0.3, 0.4) is 0 Å². The first-order chi connectivity index (χ1) is 11.1. The number of halogens is 2. The molecule has 0 aliphatic rings. The minimum atomic E-state index is -0.532. The van der Waals surface area contributed by atoms with Crippen molar-refractivity contribution in [3.63, 3.8) is 0 Å². The van der Waals surface area contributed by atoms with Gasteiger partial charge in [0.25, 0.3) is 0 Å². The van der Waals surface area contributed by atoms with Crippen LogP contribution in [0.15, 0.2) is 42.6 Å². The maximum absolute atomic E-state index is 13.9. The number of hydrogen-bond donors (Lipinski definition) is 1. The van der Waals surface area contributed by atoms with Crippen LogP contribution >= 0.6 is 12.4 Å². The Morgan fingerprint density at radius 2 is 1.62 bits per heavy atom. The Hall–Kier alpha value is -2.73. The number of aromatic nitrogens is 1. The molecule has 2 N–H and O–H groups in total. The van der Waals surface area contributed by atoms with Gasteiger partial charge in [-0.15, -0.1) is 12.4 Å². The summed E-state index contributed by atoms with van der Waals surface area (Å²) in [6.07, 6.45) is 1.58. The first-order valence-corrected chi connectivity index (χ1v) is 6.86. The van der Waals surface area contributed by atoms with E-state index in [1.165, 1.54) is 12.1 Å². The van der Waals surface area contributed by atoms with E-state index < -0.39 is 5.82 Å². The topological polar surface area (TPSA) is 66.6 Å². The lowest BCUT2D eigenvalue weighted by Gasteiger charge is -2.12. The van der Waals surface area contributed by atoms with E-state index in [0.717, 1.165) is 0 Å². The van der Waals surface area contributed by atoms with Crippen LogP contribution in [-0.4, -0.2) is 19.2 Å². The first kappa shape index (κ1) is 17.6. The molecule has 0 saturated heterocycles. The van der Waals surface area contributed by atoms with Crippen molar-refractivity contribution in [1.82, 2.24) is 4.98 Å². The molecule has 1 heterocycles. The number of methoxy groups -OCH3 is 2. The van der Waals surface area contributed by atoms with Crippen molar-refractivity contribution in [2.45, 2.75) is 0 Å². The fourth-order valence-corrected chi connectivity index (χ4v) is 2.25. The van der Waals surface area contributed by atoms with Gasteiger partial charge in [-0.1, -0.05) is 0 Å². The molecule has 0 aliphatic heterocycles. The molecule has 1 aromatic heterocycles. The summed E-state index contributed by atoms with van der Waals surface area (Å²) < 4.78 is 30.2. The van der Waals surface area contributed by atoms with Crippen molar-refractivity contribution in [3.05, 3.63) is 48.4 Å². The number of rotatable bonds is 4. The van der Waals surface area contributed by atoms with Gasteiger partial charge < -0.3 is 19.9 Å². The number of fused-ring (bicyclic) bond motifs is 1. The third kappa shape index (κ3) is 3.28. The Balaban J connectivity index is 0.00000208. The van der Waals surface area contributed by atoms with E-state index in [0.29, 0.717) is 33.8 Å². The van der Waals surface area contributed by atoms with E-state index >= 15 is 0 Å². The average molecular weight is 351 g/mol. The number of pyridine rings is 1. The highest BCUT2D eigenvalue weighted by molar-refractivity contribution is 5.88. The second-order valence-corrected chi connectivity index (χ2v) is 4.83. The highest BCUT2D eigenvalue weighted by Crippen LogP contribution is 2.37. The number of hydrogen-bond acceptors (Lipinski definition) is 5. The van der Waals surface area contributed by atoms with Crippen LogP contribution in [0.25, 0.3) is 10.9 Å². The molecule has 0 bridgehead atoms. The third-order valence-corrected chi connectivity index (χ3v) is 3.38. The summed E-state index contributed by atoms with van der Waals surface area (Å²) in [5.41, 5.74) is 6.53. The van der Waals surface area contributed by atoms with Gasteiger partial charge in [-0.3, -0.25) is 4.98 Å². The number of nitrogen functional groups attached to an aromatic ring is 1. The summed E-state index contributed by atoms with van der Waals surface area (Å²) in [7, 11) is 3.09. The molecule has 24 heavy (non-hydrogen) atoms. The lowest BCUT2D eigenvalue weighted by atomic mass is 10.2. The fourth-order valence-electron chi connectivity index (χ4n) is 2.25. The van der Waals surface area contributed by atoms with Gasteiger partial charge in [-0.25, -0.2) is 4.39 Å². The van der Waals surface area contributed by atoms with Crippen LogP contribution < -0.4 is 19.9 Å². The quantitative estimate of drug-likeness (QED) is 0.715. The van der Waals surface area contributed by atoms with E-state index in [9.17, 15) is 4.39 Å². The van der Waals surface area contributed by atoms with Crippen LogP contribution in [0.1, 0.15) is 0 Å². The third-order valence-electron chi connectivity index (χ3n) is 3.38. The molecule has 0 amide bonds. The summed E-state index contributed by atoms with van der Waals surface area (Å²) >= 11 is 0. The van der Waals surface area contributed by atoms with Gasteiger partial charge in [0.05, 0.1) is 19.7 Å². The Labute approximate surface area is 144 Å². The largest absolute Gasteiger partial charge is 0.493 e. The predicted octanol–water partition coefficient (Wildman–Crippen LogP) is 4.19. The Bertz CT molecular complexity index is 874. The first-order valence-electron chi connectivity index (χ1n) is 6.86. The minimum absolute atomic E-state index is 0. The molecule has 0 unspecified atom stereocenters. The molecule has 0 spiro atoms. The SMILES string of the molecule is COc1cc2nccc(Oc3ccc(N)cc3F)c2cc1OC.Cl. The highest BCUT2D eigenvalue weighted by Gasteiger charge is 2.12. The molecule has 3 aromatic rings. The number of anilines is 1. The molecule has 126 valence electrons. The summed E-state index contributed by atoms with van der Waals surface area (Å²) in [4.78, 5) is 4.27. The molecular formula is C17H16ClFN2O3. The van der Waals surface area contributed by atoms with Crippen LogP contribution in [0.4, 0.5) is 10.1 Å². The molecule has 0 atom stereocenters. The van der Waals surface area contributed by atoms with Gasteiger partial charge in [0.15, 0.2) is 23.1 Å². The molecule has 0 saturated carbocycles. The van der Waals surface area contributed by atoms with Gasteiger partial charge in [0, 0.05) is 29.4 Å². The molecule has 0 fully saturated rings. The van der Waals surface area contributed by atoms with Crippen molar-refractivity contribution in [1.29, 1.82) is 0 Å². The van der Waals surface area contributed by atoms with Crippen molar-refractivity contribution in [2.24, 2.45) is 0 Å². The summed E-state index contributed by atoms with van der Waals surface area (Å²) in [5, 5.41) is 0.682. The van der Waals surface area contributed by atoms with Crippen LogP contribution in [0.2, 0.25) is 0 Å². The molecule has 2 aromatic carbocycles. The second kappa shape index (κ2) is 7.23. The van der Waals surface area contributed by atoms with Crippen LogP contribution in [0, 0.1) is 5.82 Å². The Kier molecular flexibility index (Phi) is 5.31. The molecule has 0 aliphatic carbocycles. The number of ether oxygens (including phenoxy) is 3. The monoisotopic (exact) mass is 350 g/mol. The average Bonchev–Trinajstić information content (AvgIpc) is 2.56. The van der Waals surface area contributed by atoms with E-state index in [2.05, 4.69) is 4.98 Å². The zero-order valence-electron chi connectivity index (χ0n) is 13.1. The van der Waals surface area contributed by atoms with Crippen molar-refractivity contribution >= 4 is 29.0 Å². The zero-order chi connectivity index (χ0) is 16.4. The van der Waals surface area contributed by atoms with Gasteiger partial charge in [0.2, 0.25) is 0 Å². The van der Waals surface area contributed by atoms with E-state index in [1.54, 1.807) is 44.7 Å². The maximum Gasteiger partial charge on any atom is 0.167 e. The standard InChI is InChI=1S/C17H15FN2O3.ClH/c1-21-16-8-11-13(9-17(16)22-2)20-6-5-14(11)23-15-4-3-10(19)7-12(15)18;/h3-9H,19H2,1-2H3;1H. The van der Waals surface area contributed by atoms with Crippen molar-refractivity contribution < 1.29 is 18.6 Å². The summed E-state index contributed by atoms with van der Waals surface area (Å²) in [6, 6.07) is 9.40. The van der Waals surface area contributed by atoms with Crippen molar-refractivity contribution in [2.75, 3.05) is 20.0 Å². The molecule has 5 nitrogen and oxygen atoms in total. The van der Waals surface area contributed by atoms with Gasteiger partial charge >= 0.3 is 0 Å². The number of nitrogens with zero attached hydrogens (tertiary/aromatic N) is 1. The molecule has 0 radical (unpaired) electrons. The Morgan fingerprint density at radius 1 is 0.917 bits per heavy atom. The predicted molar refractivity (Wildman–Crippen MR) is 93.0 cm³/mol. The highest BCUT2D eigenvalue weighted by atomic mass is 35.5. The zero-order valence-corrected chi connectivity index (χ0v) is 13.9. The number of benzene rings is 2. The fraction of sp³-hybridized carbons (Fsp3) is 0.118. The van der Waals surface area contributed by atoms with Crippen LogP contribution in [-0.2, 0) is 0 Å². The normalized spacial score (nSPS) is 10.1.